The minimum Gasteiger partial charge on any atom is -0.481 e. The summed E-state index contributed by atoms with van der Waals surface area (Å²) in [5.41, 5.74) is -2.65. The lowest BCUT2D eigenvalue weighted by Gasteiger charge is -2.26. The Morgan fingerprint density at radius 2 is 2.20 bits per heavy atom. The Bertz CT molecular complexity index is 307. The van der Waals surface area contributed by atoms with E-state index in [0.717, 1.165) is 0 Å². The Balaban J connectivity index is 2.90. The SMILES string of the molecule is C#CCN1CCC(C(=O)O)(C(F)(F)F)C1. The van der Waals surface area contributed by atoms with Gasteiger partial charge in [-0.25, -0.2) is 0 Å². The summed E-state index contributed by atoms with van der Waals surface area (Å²) in [6.45, 7) is -0.447. The van der Waals surface area contributed by atoms with E-state index in [1.165, 1.54) is 4.90 Å². The van der Waals surface area contributed by atoms with Crippen LogP contribution in [0.5, 0.6) is 0 Å². The lowest BCUT2D eigenvalue weighted by Crippen LogP contribution is -2.47. The van der Waals surface area contributed by atoms with Gasteiger partial charge in [0, 0.05) is 13.1 Å². The van der Waals surface area contributed by atoms with Crippen molar-refractivity contribution in [3.63, 3.8) is 0 Å². The van der Waals surface area contributed by atoms with Gasteiger partial charge in [-0.15, -0.1) is 6.42 Å². The summed E-state index contributed by atoms with van der Waals surface area (Å²) in [6, 6.07) is 0. The molecule has 0 aliphatic carbocycles. The number of aliphatic carboxylic acids is 1. The van der Waals surface area contributed by atoms with Crippen molar-refractivity contribution >= 4 is 5.97 Å². The standard InChI is InChI=1S/C9H10F3NO2/c1-2-4-13-5-3-8(6-13,7(14)15)9(10,11)12/h1H,3-6H2,(H,14,15). The monoisotopic (exact) mass is 221 g/mol. The number of carboxylic acids is 1. The molecule has 3 nitrogen and oxygen atoms in total. The number of nitrogens with zero attached hydrogens (tertiary/aromatic N) is 1. The molecule has 0 aromatic carbocycles. The van der Waals surface area contributed by atoms with Gasteiger partial charge in [-0.1, -0.05) is 5.92 Å². The van der Waals surface area contributed by atoms with Crippen LogP contribution in [0.15, 0.2) is 0 Å². The van der Waals surface area contributed by atoms with Gasteiger partial charge in [-0.2, -0.15) is 13.2 Å². The molecule has 0 saturated carbocycles. The fourth-order valence-corrected chi connectivity index (χ4v) is 1.68. The van der Waals surface area contributed by atoms with Crippen molar-refractivity contribution in [1.29, 1.82) is 0 Å². The second-order valence-electron chi connectivity index (χ2n) is 3.55. The molecular formula is C9H10F3NO2. The van der Waals surface area contributed by atoms with E-state index in [4.69, 9.17) is 11.5 Å². The normalized spacial score (nSPS) is 27.6. The third-order valence-corrected chi connectivity index (χ3v) is 2.62. The molecule has 1 N–H and O–H groups in total. The Labute approximate surface area is 84.9 Å². The van der Waals surface area contributed by atoms with Crippen LogP contribution in [0.4, 0.5) is 13.2 Å². The molecule has 0 radical (unpaired) electrons. The van der Waals surface area contributed by atoms with Gasteiger partial charge in [0.25, 0.3) is 0 Å². The summed E-state index contributed by atoms with van der Waals surface area (Å²) in [5.74, 6) is 0.379. The van der Waals surface area contributed by atoms with Crippen LogP contribution in [0.2, 0.25) is 0 Å². The number of carbonyl (C=O) groups is 1. The van der Waals surface area contributed by atoms with Crippen LogP contribution in [-0.2, 0) is 4.79 Å². The third kappa shape index (κ3) is 1.92. The maximum atomic E-state index is 12.6. The fourth-order valence-electron chi connectivity index (χ4n) is 1.68. The summed E-state index contributed by atoms with van der Waals surface area (Å²) in [4.78, 5) is 12.0. The molecule has 1 unspecified atom stereocenters. The van der Waals surface area contributed by atoms with Crippen molar-refractivity contribution in [1.82, 2.24) is 4.90 Å². The zero-order valence-electron chi connectivity index (χ0n) is 7.84. The van der Waals surface area contributed by atoms with E-state index in [-0.39, 0.29) is 13.1 Å². The van der Waals surface area contributed by atoms with E-state index in [2.05, 4.69) is 5.92 Å². The van der Waals surface area contributed by atoms with Gasteiger partial charge in [0.2, 0.25) is 0 Å². The van der Waals surface area contributed by atoms with Crippen LogP contribution in [-0.4, -0.2) is 41.8 Å². The van der Waals surface area contributed by atoms with E-state index < -0.39 is 30.5 Å². The number of alkyl halides is 3. The molecule has 6 heteroatoms. The summed E-state index contributed by atoms with van der Waals surface area (Å²) in [5, 5.41) is 8.69. The van der Waals surface area contributed by atoms with Gasteiger partial charge in [-0.3, -0.25) is 9.69 Å². The van der Waals surface area contributed by atoms with E-state index in [1.54, 1.807) is 0 Å². The largest absolute Gasteiger partial charge is 0.481 e. The highest BCUT2D eigenvalue weighted by molar-refractivity contribution is 5.76. The Morgan fingerprint density at radius 1 is 1.60 bits per heavy atom. The molecule has 15 heavy (non-hydrogen) atoms. The minimum atomic E-state index is -4.73. The smallest absolute Gasteiger partial charge is 0.406 e. The number of halogens is 3. The van der Waals surface area contributed by atoms with Crippen LogP contribution >= 0.6 is 0 Å². The highest BCUT2D eigenvalue weighted by Crippen LogP contribution is 2.45. The Kier molecular flexibility index (Phi) is 2.95. The number of hydrogen-bond acceptors (Lipinski definition) is 2. The van der Waals surface area contributed by atoms with Gasteiger partial charge in [0.15, 0.2) is 5.41 Å². The topological polar surface area (TPSA) is 40.5 Å². The lowest BCUT2D eigenvalue weighted by atomic mass is 9.86. The molecule has 1 rings (SSSR count). The Morgan fingerprint density at radius 3 is 2.53 bits per heavy atom. The molecule has 84 valence electrons. The van der Waals surface area contributed by atoms with E-state index in [0.29, 0.717) is 0 Å². The van der Waals surface area contributed by atoms with Gasteiger partial charge in [0.1, 0.15) is 0 Å². The van der Waals surface area contributed by atoms with Crippen molar-refractivity contribution in [3.05, 3.63) is 0 Å². The predicted molar refractivity (Wildman–Crippen MR) is 46.0 cm³/mol. The molecule has 0 amide bonds. The number of rotatable bonds is 2. The zero-order valence-corrected chi connectivity index (χ0v) is 7.84. The molecule has 0 bridgehead atoms. The van der Waals surface area contributed by atoms with E-state index in [9.17, 15) is 18.0 Å². The molecule has 1 atom stereocenters. The quantitative estimate of drug-likeness (QED) is 0.706. The van der Waals surface area contributed by atoms with Crippen LogP contribution in [0.25, 0.3) is 0 Å². The van der Waals surface area contributed by atoms with Crippen LogP contribution < -0.4 is 0 Å². The first-order chi connectivity index (χ1) is 6.83. The lowest BCUT2D eigenvalue weighted by molar-refractivity contribution is -0.227. The fraction of sp³-hybridized carbons (Fsp3) is 0.667. The summed E-state index contributed by atoms with van der Waals surface area (Å²) >= 11 is 0. The van der Waals surface area contributed by atoms with Crippen molar-refractivity contribution < 1.29 is 23.1 Å². The maximum Gasteiger partial charge on any atom is 0.406 e. The van der Waals surface area contributed by atoms with Gasteiger partial charge in [-0.05, 0) is 6.42 Å². The first-order valence-electron chi connectivity index (χ1n) is 4.29. The summed E-state index contributed by atoms with van der Waals surface area (Å²) < 4.78 is 37.9. The zero-order chi connectivity index (χ0) is 11.7. The van der Waals surface area contributed by atoms with Crippen LogP contribution in [0.3, 0.4) is 0 Å². The van der Waals surface area contributed by atoms with E-state index >= 15 is 0 Å². The molecule has 1 heterocycles. The average molecular weight is 221 g/mol. The summed E-state index contributed by atoms with van der Waals surface area (Å²) in [6.07, 6.45) is -0.209. The molecule has 0 aromatic heterocycles. The first kappa shape index (κ1) is 11.9. The number of terminal acetylenes is 1. The molecule has 0 spiro atoms. The molecule has 0 aromatic rings. The second kappa shape index (κ2) is 3.74. The van der Waals surface area contributed by atoms with Crippen molar-refractivity contribution in [2.45, 2.75) is 12.6 Å². The Hall–Kier alpha value is -1.22. The van der Waals surface area contributed by atoms with Crippen LogP contribution in [0.1, 0.15) is 6.42 Å². The minimum absolute atomic E-state index is 0.0467. The highest BCUT2D eigenvalue weighted by Gasteiger charge is 2.63. The molecule has 1 fully saturated rings. The number of likely N-dealkylation sites (tertiary alicyclic amines) is 1. The highest BCUT2D eigenvalue weighted by atomic mass is 19.4. The summed E-state index contributed by atoms with van der Waals surface area (Å²) in [7, 11) is 0. The van der Waals surface area contributed by atoms with E-state index in [1.807, 2.05) is 0 Å². The van der Waals surface area contributed by atoms with Gasteiger partial charge < -0.3 is 5.11 Å². The van der Waals surface area contributed by atoms with Crippen molar-refractivity contribution in [2.75, 3.05) is 19.6 Å². The predicted octanol–water partition coefficient (Wildman–Crippen LogP) is 0.959. The third-order valence-electron chi connectivity index (χ3n) is 2.62. The molecular weight excluding hydrogens is 211 g/mol. The number of hydrogen-bond donors (Lipinski definition) is 1. The maximum absolute atomic E-state index is 12.6. The molecule has 1 saturated heterocycles. The van der Waals surface area contributed by atoms with Crippen LogP contribution in [0, 0.1) is 17.8 Å². The van der Waals surface area contributed by atoms with Gasteiger partial charge in [0.05, 0.1) is 6.54 Å². The molecule has 1 aliphatic rings. The van der Waals surface area contributed by atoms with Crippen molar-refractivity contribution in [3.8, 4) is 12.3 Å². The number of carboxylic acid groups (broad SMARTS) is 1. The first-order valence-corrected chi connectivity index (χ1v) is 4.29. The molecule has 1 aliphatic heterocycles. The average Bonchev–Trinajstić information content (AvgIpc) is 2.49. The second-order valence-corrected chi connectivity index (χ2v) is 3.55. The van der Waals surface area contributed by atoms with Gasteiger partial charge >= 0.3 is 12.1 Å². The van der Waals surface area contributed by atoms with Crippen molar-refractivity contribution in [2.24, 2.45) is 5.41 Å².